The third-order valence-corrected chi connectivity index (χ3v) is 2.27. The van der Waals surface area contributed by atoms with Gasteiger partial charge in [0.25, 0.3) is 0 Å². The number of carbonyl (C=O) groups is 1. The quantitative estimate of drug-likeness (QED) is 0.505. The van der Waals surface area contributed by atoms with Crippen LogP contribution in [0.5, 0.6) is 17.2 Å². The second kappa shape index (κ2) is 5.45. The van der Waals surface area contributed by atoms with Gasteiger partial charge < -0.3 is 19.9 Å². The van der Waals surface area contributed by atoms with Gasteiger partial charge in [-0.25, -0.2) is 4.79 Å². The van der Waals surface area contributed by atoms with Crippen molar-refractivity contribution in [3.63, 3.8) is 0 Å². The van der Waals surface area contributed by atoms with Crippen LogP contribution in [0.4, 0.5) is 0 Å². The predicted octanol–water partition coefficient (Wildman–Crippen LogP) is 1.74. The summed E-state index contributed by atoms with van der Waals surface area (Å²) >= 11 is 5.99. The molecule has 5 nitrogen and oxygen atoms in total. The Morgan fingerprint density at radius 3 is 2.35 bits per heavy atom. The summed E-state index contributed by atoms with van der Waals surface area (Å²) in [5.41, 5.74) is 4.98. The van der Waals surface area contributed by atoms with E-state index in [0.717, 1.165) is 0 Å². The van der Waals surface area contributed by atoms with Crippen molar-refractivity contribution in [2.75, 3.05) is 14.2 Å². The van der Waals surface area contributed by atoms with Gasteiger partial charge in [-0.3, -0.25) is 0 Å². The van der Waals surface area contributed by atoms with Crippen LogP contribution in [-0.2, 0) is 4.79 Å². The Balaban J connectivity index is 3.11. The van der Waals surface area contributed by atoms with Crippen LogP contribution in [0.1, 0.15) is 0 Å². The predicted molar refractivity (Wildman–Crippen MR) is 63.5 cm³/mol. The number of ether oxygens (including phenoxy) is 3. The fourth-order valence-electron chi connectivity index (χ4n) is 1.12. The summed E-state index contributed by atoms with van der Waals surface area (Å²) in [6.07, 6.45) is 0. The number of carbonyl (C=O) groups excluding carboxylic acids is 1. The highest BCUT2D eigenvalue weighted by molar-refractivity contribution is 6.34. The van der Waals surface area contributed by atoms with E-state index in [0.29, 0.717) is 5.75 Å². The molecule has 0 aliphatic rings. The maximum atomic E-state index is 11.2. The van der Waals surface area contributed by atoms with Gasteiger partial charge in [0.15, 0.2) is 17.2 Å². The molecule has 0 aliphatic heterocycles. The first-order valence-electron chi connectivity index (χ1n) is 4.58. The Hall–Kier alpha value is -1.88. The molecular weight excluding hydrogens is 246 g/mol. The van der Waals surface area contributed by atoms with Crippen molar-refractivity contribution in [3.05, 3.63) is 29.4 Å². The molecule has 0 fully saturated rings. The standard InChI is InChI=1S/C11H12ClNO4/c1-6(13)11(14)17-7-4-5-8(15-2)10(16-3)9(7)12/h4-5H,1,13H2,2-3H3. The van der Waals surface area contributed by atoms with Crippen molar-refractivity contribution >= 4 is 17.6 Å². The summed E-state index contributed by atoms with van der Waals surface area (Å²) in [6.45, 7) is 3.26. The van der Waals surface area contributed by atoms with Crippen LogP contribution in [0.25, 0.3) is 0 Å². The number of hydrogen-bond donors (Lipinski definition) is 1. The van der Waals surface area contributed by atoms with E-state index in [1.807, 2.05) is 0 Å². The lowest BCUT2D eigenvalue weighted by Crippen LogP contribution is -2.16. The van der Waals surface area contributed by atoms with Crippen LogP contribution in [0.15, 0.2) is 24.4 Å². The van der Waals surface area contributed by atoms with E-state index in [9.17, 15) is 4.79 Å². The molecule has 0 spiro atoms. The first kappa shape index (κ1) is 13.2. The summed E-state index contributed by atoms with van der Waals surface area (Å²) in [7, 11) is 2.90. The Morgan fingerprint density at radius 2 is 1.88 bits per heavy atom. The van der Waals surface area contributed by atoms with E-state index in [-0.39, 0.29) is 22.2 Å². The molecule has 0 aliphatic carbocycles. The summed E-state index contributed by atoms with van der Waals surface area (Å²) < 4.78 is 15.0. The van der Waals surface area contributed by atoms with Crippen molar-refractivity contribution in [2.45, 2.75) is 0 Å². The van der Waals surface area contributed by atoms with Crippen LogP contribution in [0, 0.1) is 0 Å². The summed E-state index contributed by atoms with van der Waals surface area (Å²) in [4.78, 5) is 11.2. The van der Waals surface area contributed by atoms with Crippen LogP contribution in [0.2, 0.25) is 5.02 Å². The smallest absolute Gasteiger partial charge is 0.359 e. The number of halogens is 1. The van der Waals surface area contributed by atoms with Gasteiger partial charge in [0.1, 0.15) is 10.7 Å². The fraction of sp³-hybridized carbons (Fsp3) is 0.182. The Kier molecular flexibility index (Phi) is 4.23. The number of benzene rings is 1. The van der Waals surface area contributed by atoms with E-state index in [1.165, 1.54) is 20.3 Å². The number of methoxy groups -OCH3 is 2. The van der Waals surface area contributed by atoms with Crippen molar-refractivity contribution in [2.24, 2.45) is 5.73 Å². The van der Waals surface area contributed by atoms with Crippen molar-refractivity contribution < 1.29 is 19.0 Å². The maximum absolute atomic E-state index is 11.2. The minimum absolute atomic E-state index is 0.126. The third kappa shape index (κ3) is 2.82. The van der Waals surface area contributed by atoms with E-state index < -0.39 is 5.97 Å². The zero-order valence-electron chi connectivity index (χ0n) is 9.45. The van der Waals surface area contributed by atoms with Gasteiger partial charge in [0.05, 0.1) is 14.2 Å². The average Bonchev–Trinajstić information content (AvgIpc) is 2.31. The average molecular weight is 258 g/mol. The van der Waals surface area contributed by atoms with E-state index in [4.69, 9.17) is 31.5 Å². The summed E-state index contributed by atoms with van der Waals surface area (Å²) in [5.74, 6) is 0.0750. The maximum Gasteiger partial charge on any atom is 0.359 e. The van der Waals surface area contributed by atoms with Crippen LogP contribution >= 0.6 is 11.6 Å². The number of esters is 1. The largest absolute Gasteiger partial charge is 0.493 e. The molecule has 1 aromatic carbocycles. The van der Waals surface area contributed by atoms with Gasteiger partial charge in [0, 0.05) is 0 Å². The minimum atomic E-state index is -0.765. The number of rotatable bonds is 4. The Bertz CT molecular complexity index is 459. The van der Waals surface area contributed by atoms with Gasteiger partial charge in [-0.2, -0.15) is 0 Å². The highest BCUT2D eigenvalue weighted by atomic mass is 35.5. The first-order chi connectivity index (χ1) is 8.01. The molecule has 92 valence electrons. The zero-order chi connectivity index (χ0) is 13.0. The van der Waals surface area contributed by atoms with Crippen molar-refractivity contribution in [3.8, 4) is 17.2 Å². The summed E-state index contributed by atoms with van der Waals surface area (Å²) in [6, 6.07) is 3.04. The topological polar surface area (TPSA) is 70.8 Å². The van der Waals surface area contributed by atoms with Gasteiger partial charge in [0.2, 0.25) is 0 Å². The molecule has 0 radical (unpaired) electrons. The minimum Gasteiger partial charge on any atom is -0.493 e. The van der Waals surface area contributed by atoms with Crippen LogP contribution in [0.3, 0.4) is 0 Å². The second-order valence-corrected chi connectivity index (χ2v) is 3.41. The molecule has 17 heavy (non-hydrogen) atoms. The lowest BCUT2D eigenvalue weighted by molar-refractivity contribution is -0.130. The van der Waals surface area contributed by atoms with Crippen LogP contribution in [-0.4, -0.2) is 20.2 Å². The molecule has 0 amide bonds. The monoisotopic (exact) mass is 257 g/mol. The fourth-order valence-corrected chi connectivity index (χ4v) is 1.39. The van der Waals surface area contributed by atoms with E-state index in [1.54, 1.807) is 6.07 Å². The molecule has 2 N–H and O–H groups in total. The molecule has 0 saturated heterocycles. The SMILES string of the molecule is C=C(N)C(=O)Oc1ccc(OC)c(OC)c1Cl. The normalized spacial score (nSPS) is 9.59. The highest BCUT2D eigenvalue weighted by Gasteiger charge is 2.16. The van der Waals surface area contributed by atoms with Gasteiger partial charge in [-0.15, -0.1) is 0 Å². The molecule has 0 aromatic heterocycles. The molecule has 0 bridgehead atoms. The number of hydrogen-bond acceptors (Lipinski definition) is 5. The number of nitrogens with two attached hydrogens (primary N) is 1. The lowest BCUT2D eigenvalue weighted by atomic mass is 10.3. The zero-order valence-corrected chi connectivity index (χ0v) is 10.2. The molecule has 0 unspecified atom stereocenters. The van der Waals surface area contributed by atoms with Gasteiger partial charge in [-0.05, 0) is 12.1 Å². The molecule has 0 heterocycles. The van der Waals surface area contributed by atoms with Crippen molar-refractivity contribution in [1.29, 1.82) is 0 Å². The molecular formula is C11H12ClNO4. The van der Waals surface area contributed by atoms with Gasteiger partial charge in [-0.1, -0.05) is 18.2 Å². The Labute approximate surface area is 104 Å². The van der Waals surface area contributed by atoms with E-state index in [2.05, 4.69) is 6.58 Å². The van der Waals surface area contributed by atoms with Gasteiger partial charge >= 0.3 is 5.97 Å². The third-order valence-electron chi connectivity index (χ3n) is 1.91. The summed E-state index contributed by atoms with van der Waals surface area (Å²) in [5, 5.41) is 0.126. The molecule has 0 saturated carbocycles. The highest BCUT2D eigenvalue weighted by Crippen LogP contribution is 2.41. The molecule has 0 atom stereocenters. The van der Waals surface area contributed by atoms with E-state index >= 15 is 0 Å². The first-order valence-corrected chi connectivity index (χ1v) is 4.96. The second-order valence-electron chi connectivity index (χ2n) is 3.03. The molecule has 1 aromatic rings. The Morgan fingerprint density at radius 1 is 1.29 bits per heavy atom. The van der Waals surface area contributed by atoms with Crippen molar-refractivity contribution in [1.82, 2.24) is 0 Å². The molecule has 1 rings (SSSR count). The lowest BCUT2D eigenvalue weighted by Gasteiger charge is -2.12. The van der Waals surface area contributed by atoms with Crippen LogP contribution < -0.4 is 19.9 Å². The molecule has 6 heteroatoms.